The van der Waals surface area contributed by atoms with Crippen LogP contribution in [0.1, 0.15) is 25.5 Å². The molecule has 2 rings (SSSR count). The van der Waals surface area contributed by atoms with Crippen molar-refractivity contribution in [3.8, 4) is 0 Å². The van der Waals surface area contributed by atoms with Crippen molar-refractivity contribution in [1.29, 1.82) is 0 Å². The van der Waals surface area contributed by atoms with Crippen molar-refractivity contribution in [1.82, 2.24) is 4.98 Å². The molecule has 1 aliphatic heterocycles. The van der Waals surface area contributed by atoms with Crippen LogP contribution in [-0.2, 0) is 20.7 Å². The van der Waals surface area contributed by atoms with Crippen LogP contribution in [0.4, 0.5) is 5.13 Å². The first-order valence-electron chi connectivity index (χ1n) is 6.08. The summed E-state index contributed by atoms with van der Waals surface area (Å²) in [4.78, 5) is 15.5. The lowest BCUT2D eigenvalue weighted by Gasteiger charge is -2.14. The number of nitrogens with one attached hydrogen (secondary N) is 1. The Morgan fingerprint density at radius 3 is 3.22 bits per heavy atom. The van der Waals surface area contributed by atoms with Gasteiger partial charge >= 0.3 is 5.97 Å². The molecule has 6 heteroatoms. The molecular formula is C12H18N2O3S. The number of carbonyl (C=O) groups is 1. The molecule has 1 aromatic rings. The Labute approximate surface area is 111 Å². The van der Waals surface area contributed by atoms with Crippen LogP contribution >= 0.6 is 11.3 Å². The number of nitrogens with zero attached hydrogens (tertiary/aromatic N) is 1. The molecule has 2 heterocycles. The Morgan fingerprint density at radius 1 is 1.72 bits per heavy atom. The number of thiazole rings is 1. The molecule has 0 spiro atoms. The Morgan fingerprint density at radius 2 is 2.56 bits per heavy atom. The van der Waals surface area contributed by atoms with Crippen LogP contribution in [0.5, 0.6) is 0 Å². The van der Waals surface area contributed by atoms with Crippen LogP contribution in [0.3, 0.4) is 0 Å². The monoisotopic (exact) mass is 270 g/mol. The molecule has 5 nitrogen and oxygen atoms in total. The summed E-state index contributed by atoms with van der Waals surface area (Å²) in [5.41, 5.74) is 0.930. The van der Waals surface area contributed by atoms with E-state index in [-0.39, 0.29) is 12.1 Å². The first-order chi connectivity index (χ1) is 8.69. The highest BCUT2D eigenvalue weighted by Crippen LogP contribution is 2.22. The first kappa shape index (κ1) is 13.3. The zero-order chi connectivity index (χ0) is 13.0. The highest BCUT2D eigenvalue weighted by atomic mass is 32.1. The van der Waals surface area contributed by atoms with E-state index in [0.29, 0.717) is 18.9 Å². The number of hydrogen-bond acceptors (Lipinski definition) is 6. The minimum Gasteiger partial charge on any atom is -0.469 e. The van der Waals surface area contributed by atoms with Gasteiger partial charge in [-0.3, -0.25) is 4.79 Å². The zero-order valence-corrected chi connectivity index (χ0v) is 11.5. The van der Waals surface area contributed by atoms with Crippen molar-refractivity contribution in [3.05, 3.63) is 11.1 Å². The van der Waals surface area contributed by atoms with Gasteiger partial charge in [-0.25, -0.2) is 4.98 Å². The maximum Gasteiger partial charge on any atom is 0.305 e. The normalized spacial score (nSPS) is 23.0. The van der Waals surface area contributed by atoms with E-state index < -0.39 is 0 Å². The number of methoxy groups -OCH3 is 1. The molecule has 0 aromatic carbocycles. The molecule has 2 atom stereocenters. The molecule has 1 N–H and O–H groups in total. The van der Waals surface area contributed by atoms with Gasteiger partial charge in [-0.2, -0.15) is 0 Å². The van der Waals surface area contributed by atoms with Gasteiger partial charge in [0.2, 0.25) is 0 Å². The molecule has 0 saturated carbocycles. The minimum atomic E-state index is -0.199. The Kier molecular flexibility index (Phi) is 4.54. The van der Waals surface area contributed by atoms with Crippen molar-refractivity contribution in [2.75, 3.05) is 19.0 Å². The number of hydrogen-bond donors (Lipinski definition) is 1. The van der Waals surface area contributed by atoms with Crippen molar-refractivity contribution < 1.29 is 14.3 Å². The summed E-state index contributed by atoms with van der Waals surface area (Å²) in [6.45, 7) is 2.87. The van der Waals surface area contributed by atoms with Crippen molar-refractivity contribution in [3.63, 3.8) is 0 Å². The van der Waals surface area contributed by atoms with Crippen molar-refractivity contribution in [2.45, 2.75) is 38.3 Å². The van der Waals surface area contributed by atoms with Gasteiger partial charge in [-0.1, -0.05) is 0 Å². The van der Waals surface area contributed by atoms with Crippen LogP contribution in [0.25, 0.3) is 0 Å². The predicted molar refractivity (Wildman–Crippen MR) is 69.9 cm³/mol. The van der Waals surface area contributed by atoms with E-state index in [2.05, 4.69) is 22.0 Å². The van der Waals surface area contributed by atoms with Gasteiger partial charge in [-0.05, 0) is 13.3 Å². The van der Waals surface area contributed by atoms with Gasteiger partial charge in [0, 0.05) is 18.4 Å². The van der Waals surface area contributed by atoms with Crippen LogP contribution < -0.4 is 5.32 Å². The lowest BCUT2D eigenvalue weighted by atomic mass is 10.2. The molecular weight excluding hydrogens is 252 g/mol. The number of aromatic nitrogens is 1. The van der Waals surface area contributed by atoms with Crippen LogP contribution in [-0.4, -0.2) is 36.8 Å². The smallest absolute Gasteiger partial charge is 0.305 e. The molecule has 1 fully saturated rings. The second-order valence-electron chi connectivity index (χ2n) is 4.34. The second kappa shape index (κ2) is 6.15. The number of anilines is 1. The Hall–Kier alpha value is -1.14. The molecule has 0 amide bonds. The molecule has 0 radical (unpaired) electrons. The third kappa shape index (κ3) is 3.43. The molecule has 18 heavy (non-hydrogen) atoms. The number of ether oxygens (including phenoxy) is 2. The summed E-state index contributed by atoms with van der Waals surface area (Å²) in [5.74, 6) is -0.199. The van der Waals surface area contributed by atoms with Gasteiger partial charge in [0.15, 0.2) is 5.13 Å². The number of aryl methyl sites for hydroxylation is 1. The third-order valence-electron chi connectivity index (χ3n) is 3.05. The average Bonchev–Trinajstić information content (AvgIpc) is 2.97. The van der Waals surface area contributed by atoms with E-state index in [9.17, 15) is 4.79 Å². The van der Waals surface area contributed by atoms with E-state index in [1.54, 1.807) is 11.3 Å². The summed E-state index contributed by atoms with van der Waals surface area (Å²) in [5, 5.41) is 6.26. The molecule has 2 unspecified atom stereocenters. The molecule has 0 bridgehead atoms. The van der Waals surface area contributed by atoms with Gasteiger partial charge in [-0.15, -0.1) is 11.3 Å². The summed E-state index contributed by atoms with van der Waals surface area (Å²) in [6.07, 6.45) is 2.25. The van der Waals surface area contributed by atoms with E-state index in [1.807, 2.05) is 5.38 Å². The Balaban J connectivity index is 1.84. The number of esters is 1. The van der Waals surface area contributed by atoms with Crippen LogP contribution in [0.15, 0.2) is 5.38 Å². The second-order valence-corrected chi connectivity index (χ2v) is 5.19. The lowest BCUT2D eigenvalue weighted by molar-refractivity contribution is -0.140. The van der Waals surface area contributed by atoms with E-state index in [0.717, 1.165) is 23.9 Å². The molecule has 1 aliphatic rings. The van der Waals surface area contributed by atoms with E-state index >= 15 is 0 Å². The maximum absolute atomic E-state index is 11.0. The topological polar surface area (TPSA) is 60.5 Å². The largest absolute Gasteiger partial charge is 0.469 e. The molecule has 100 valence electrons. The summed E-state index contributed by atoms with van der Waals surface area (Å²) in [7, 11) is 1.40. The highest BCUT2D eigenvalue weighted by Gasteiger charge is 2.24. The van der Waals surface area contributed by atoms with Crippen molar-refractivity contribution >= 4 is 22.4 Å². The standard InChI is InChI=1S/C12H18N2O3S/c1-8-10(5-6-17-8)14-12-13-9(7-18-12)3-4-11(15)16-2/h7-8,10H,3-6H2,1-2H3,(H,13,14). The van der Waals surface area contributed by atoms with E-state index in [1.165, 1.54) is 7.11 Å². The highest BCUT2D eigenvalue weighted by molar-refractivity contribution is 7.13. The summed E-state index contributed by atoms with van der Waals surface area (Å²) in [6, 6.07) is 0.338. The maximum atomic E-state index is 11.0. The first-order valence-corrected chi connectivity index (χ1v) is 6.96. The number of rotatable bonds is 5. The molecule has 1 aromatic heterocycles. The third-order valence-corrected chi connectivity index (χ3v) is 3.87. The van der Waals surface area contributed by atoms with Crippen LogP contribution in [0.2, 0.25) is 0 Å². The fraction of sp³-hybridized carbons (Fsp3) is 0.667. The van der Waals surface area contributed by atoms with Crippen molar-refractivity contribution in [2.24, 2.45) is 0 Å². The fourth-order valence-electron chi connectivity index (χ4n) is 1.90. The SMILES string of the molecule is COC(=O)CCc1csc(NC2CCOC2C)n1. The fourth-order valence-corrected chi connectivity index (χ4v) is 2.71. The average molecular weight is 270 g/mol. The summed E-state index contributed by atoms with van der Waals surface area (Å²) < 4.78 is 10.1. The predicted octanol–water partition coefficient (Wildman–Crippen LogP) is 1.84. The summed E-state index contributed by atoms with van der Waals surface area (Å²) >= 11 is 1.57. The quantitative estimate of drug-likeness (QED) is 0.827. The molecule has 0 aliphatic carbocycles. The van der Waals surface area contributed by atoms with Gasteiger partial charge in [0.25, 0.3) is 0 Å². The van der Waals surface area contributed by atoms with Crippen LogP contribution in [0, 0.1) is 0 Å². The van der Waals surface area contributed by atoms with E-state index in [4.69, 9.17) is 4.74 Å². The van der Waals surface area contributed by atoms with Gasteiger partial charge < -0.3 is 14.8 Å². The minimum absolute atomic E-state index is 0.199. The molecule has 1 saturated heterocycles. The van der Waals surface area contributed by atoms with Gasteiger partial charge in [0.05, 0.1) is 31.4 Å². The zero-order valence-electron chi connectivity index (χ0n) is 10.6. The lowest BCUT2D eigenvalue weighted by Crippen LogP contribution is -2.26. The number of carbonyl (C=O) groups excluding carboxylic acids is 1. The van der Waals surface area contributed by atoms with Gasteiger partial charge in [0.1, 0.15) is 0 Å². The Bertz CT molecular complexity index is 408.